The second-order valence-electron chi connectivity index (χ2n) is 17.7. The summed E-state index contributed by atoms with van der Waals surface area (Å²) in [5.74, 6) is -0.469. The molecule has 0 aliphatic rings. The lowest BCUT2D eigenvalue weighted by atomic mass is 10.0. The predicted molar refractivity (Wildman–Crippen MR) is 245 cm³/mol. The summed E-state index contributed by atoms with van der Waals surface area (Å²) in [6.07, 6.45) is 56.6. The molecule has 4 N–H and O–H groups in total. The SMILES string of the molecule is CCCCCCCCCCCCCC/C=C\CCCCCCCCCC(O)C(=O)NC(CO)C(O)CCCCCCCCCCCCCCCCCCCCC. The molecule has 0 rings (SSSR count). The molecule has 334 valence electrons. The second-order valence-corrected chi connectivity index (χ2v) is 17.7. The Morgan fingerprint density at radius 1 is 0.411 bits per heavy atom. The molecule has 5 heteroatoms. The van der Waals surface area contributed by atoms with Gasteiger partial charge < -0.3 is 20.6 Å². The van der Waals surface area contributed by atoms with Crippen molar-refractivity contribution in [2.75, 3.05) is 6.61 Å². The normalized spacial score (nSPS) is 13.4. The van der Waals surface area contributed by atoms with Gasteiger partial charge >= 0.3 is 0 Å². The van der Waals surface area contributed by atoms with Crippen molar-refractivity contribution in [3.8, 4) is 0 Å². The van der Waals surface area contributed by atoms with Gasteiger partial charge in [-0.1, -0.05) is 257 Å². The Kier molecular flexibility index (Phi) is 46.0. The zero-order chi connectivity index (χ0) is 40.8. The minimum atomic E-state index is -1.08. The van der Waals surface area contributed by atoms with Gasteiger partial charge in [-0.15, -0.1) is 0 Å². The fraction of sp³-hybridized carbons (Fsp3) is 0.941. The molecule has 56 heavy (non-hydrogen) atoms. The van der Waals surface area contributed by atoms with Crippen LogP contribution in [0, 0.1) is 0 Å². The van der Waals surface area contributed by atoms with Crippen molar-refractivity contribution in [3.63, 3.8) is 0 Å². The molecule has 0 bridgehead atoms. The van der Waals surface area contributed by atoms with E-state index in [4.69, 9.17) is 0 Å². The highest BCUT2D eigenvalue weighted by Crippen LogP contribution is 2.17. The van der Waals surface area contributed by atoms with E-state index in [1.807, 2.05) is 0 Å². The fourth-order valence-electron chi connectivity index (χ4n) is 8.13. The molecule has 3 unspecified atom stereocenters. The summed E-state index contributed by atoms with van der Waals surface area (Å²) in [6, 6.07) is -0.711. The molecule has 0 fully saturated rings. The van der Waals surface area contributed by atoms with Gasteiger partial charge in [-0.05, 0) is 38.5 Å². The molecule has 0 aromatic heterocycles. The summed E-state index contributed by atoms with van der Waals surface area (Å²) in [7, 11) is 0. The molecule has 0 saturated heterocycles. The molecule has 0 spiro atoms. The standard InChI is InChI=1S/C51H101NO4/c1-3-5-7-9-11-13-15-17-19-21-23-24-25-26-28-30-32-34-36-38-40-42-44-46-50(55)51(56)52-48(47-53)49(54)45-43-41-39-37-35-33-31-29-27-22-20-18-16-14-12-10-8-6-4-2/h26,28,48-50,53-55H,3-25,27,29-47H2,1-2H3,(H,52,56)/b28-26-. The van der Waals surface area contributed by atoms with Gasteiger partial charge in [0.05, 0.1) is 18.8 Å². The van der Waals surface area contributed by atoms with Crippen LogP contribution >= 0.6 is 0 Å². The average molecular weight is 792 g/mol. The van der Waals surface area contributed by atoms with Crippen LogP contribution in [0.3, 0.4) is 0 Å². The van der Waals surface area contributed by atoms with Gasteiger partial charge in [-0.25, -0.2) is 0 Å². The smallest absolute Gasteiger partial charge is 0.249 e. The third-order valence-electron chi connectivity index (χ3n) is 12.1. The van der Waals surface area contributed by atoms with Crippen LogP contribution in [0.25, 0.3) is 0 Å². The molecule has 0 aromatic carbocycles. The minimum Gasteiger partial charge on any atom is -0.394 e. The van der Waals surface area contributed by atoms with E-state index in [0.29, 0.717) is 12.8 Å². The van der Waals surface area contributed by atoms with Gasteiger partial charge in [0.2, 0.25) is 5.91 Å². The minimum absolute atomic E-state index is 0.312. The van der Waals surface area contributed by atoms with Gasteiger partial charge in [-0.2, -0.15) is 0 Å². The zero-order valence-corrected chi connectivity index (χ0v) is 38.0. The summed E-state index contributed by atoms with van der Waals surface area (Å²) in [5, 5.41) is 33.5. The maximum absolute atomic E-state index is 12.5. The number of nitrogens with one attached hydrogen (secondary N) is 1. The molecular weight excluding hydrogens is 691 g/mol. The number of allylic oxidation sites excluding steroid dienone is 2. The van der Waals surface area contributed by atoms with Gasteiger partial charge in [-0.3, -0.25) is 4.79 Å². The predicted octanol–water partition coefficient (Wildman–Crippen LogP) is 15.2. The van der Waals surface area contributed by atoms with Crippen LogP contribution in [0.15, 0.2) is 12.2 Å². The molecule has 3 atom stereocenters. The van der Waals surface area contributed by atoms with Crippen LogP contribution < -0.4 is 5.32 Å². The Morgan fingerprint density at radius 3 is 0.982 bits per heavy atom. The van der Waals surface area contributed by atoms with Crippen molar-refractivity contribution < 1.29 is 20.1 Å². The van der Waals surface area contributed by atoms with Crippen molar-refractivity contribution in [2.45, 2.75) is 302 Å². The van der Waals surface area contributed by atoms with Crippen LogP contribution in [0.2, 0.25) is 0 Å². The Morgan fingerprint density at radius 2 is 0.679 bits per heavy atom. The highest BCUT2D eigenvalue weighted by Gasteiger charge is 2.23. The van der Waals surface area contributed by atoms with E-state index in [0.717, 1.165) is 32.1 Å². The van der Waals surface area contributed by atoms with Crippen LogP contribution in [0.5, 0.6) is 0 Å². The number of hydrogen-bond acceptors (Lipinski definition) is 4. The molecule has 0 heterocycles. The maximum Gasteiger partial charge on any atom is 0.249 e. The first kappa shape index (κ1) is 55.1. The van der Waals surface area contributed by atoms with Crippen LogP contribution in [0.4, 0.5) is 0 Å². The number of unbranched alkanes of at least 4 members (excludes halogenated alkanes) is 37. The number of carbonyl (C=O) groups is 1. The van der Waals surface area contributed by atoms with Crippen molar-refractivity contribution in [2.24, 2.45) is 0 Å². The topological polar surface area (TPSA) is 89.8 Å². The molecule has 5 nitrogen and oxygen atoms in total. The molecule has 0 saturated carbocycles. The second kappa shape index (κ2) is 46.8. The van der Waals surface area contributed by atoms with Gasteiger partial charge in [0.15, 0.2) is 0 Å². The first-order valence-corrected chi connectivity index (χ1v) is 25.5. The molecule has 0 radical (unpaired) electrons. The van der Waals surface area contributed by atoms with E-state index in [-0.39, 0.29) is 6.61 Å². The summed E-state index contributed by atoms with van der Waals surface area (Å²) >= 11 is 0. The number of amides is 1. The van der Waals surface area contributed by atoms with Crippen LogP contribution in [0.1, 0.15) is 284 Å². The van der Waals surface area contributed by atoms with Crippen molar-refractivity contribution in [3.05, 3.63) is 12.2 Å². The van der Waals surface area contributed by atoms with Gasteiger partial charge in [0, 0.05) is 0 Å². The monoisotopic (exact) mass is 792 g/mol. The number of aliphatic hydroxyl groups excluding tert-OH is 3. The van der Waals surface area contributed by atoms with E-state index < -0.39 is 24.2 Å². The highest BCUT2D eigenvalue weighted by atomic mass is 16.3. The Hall–Kier alpha value is -0.910. The van der Waals surface area contributed by atoms with Gasteiger partial charge in [0.25, 0.3) is 0 Å². The van der Waals surface area contributed by atoms with E-state index >= 15 is 0 Å². The lowest BCUT2D eigenvalue weighted by Crippen LogP contribution is -2.49. The van der Waals surface area contributed by atoms with E-state index in [2.05, 4.69) is 31.3 Å². The van der Waals surface area contributed by atoms with Gasteiger partial charge in [0.1, 0.15) is 6.10 Å². The van der Waals surface area contributed by atoms with Crippen LogP contribution in [-0.4, -0.2) is 46.1 Å². The lowest BCUT2D eigenvalue weighted by Gasteiger charge is -2.23. The first-order chi connectivity index (χ1) is 27.6. The molecular formula is C51H101NO4. The lowest BCUT2D eigenvalue weighted by molar-refractivity contribution is -0.131. The van der Waals surface area contributed by atoms with Crippen molar-refractivity contribution in [1.82, 2.24) is 5.32 Å². The summed E-state index contributed by atoms with van der Waals surface area (Å²) in [5.41, 5.74) is 0. The average Bonchev–Trinajstić information content (AvgIpc) is 3.20. The number of rotatable bonds is 47. The Balaban J connectivity index is 3.56. The third kappa shape index (κ3) is 41.3. The molecule has 0 aromatic rings. The quantitative estimate of drug-likeness (QED) is 0.0365. The maximum atomic E-state index is 12.5. The highest BCUT2D eigenvalue weighted by molar-refractivity contribution is 5.80. The summed E-state index contributed by atoms with van der Waals surface area (Å²) in [6.45, 7) is 4.26. The number of carbonyl (C=O) groups excluding carboxylic acids is 1. The van der Waals surface area contributed by atoms with Crippen molar-refractivity contribution >= 4 is 5.91 Å². The largest absolute Gasteiger partial charge is 0.394 e. The van der Waals surface area contributed by atoms with E-state index in [1.165, 1.54) is 225 Å². The molecule has 0 aliphatic heterocycles. The molecule has 1 amide bonds. The first-order valence-electron chi connectivity index (χ1n) is 25.5. The summed E-state index contributed by atoms with van der Waals surface area (Å²) < 4.78 is 0. The number of aliphatic hydroxyl groups is 3. The molecule has 0 aliphatic carbocycles. The fourth-order valence-corrected chi connectivity index (χ4v) is 8.13. The Labute approximate surface area is 350 Å². The van der Waals surface area contributed by atoms with E-state index in [1.54, 1.807) is 0 Å². The zero-order valence-electron chi connectivity index (χ0n) is 38.0. The summed E-state index contributed by atoms with van der Waals surface area (Å²) in [4.78, 5) is 12.5. The van der Waals surface area contributed by atoms with Crippen LogP contribution in [-0.2, 0) is 4.79 Å². The Bertz CT molecular complexity index is 788. The van der Waals surface area contributed by atoms with Crippen molar-refractivity contribution in [1.29, 1.82) is 0 Å². The third-order valence-corrected chi connectivity index (χ3v) is 12.1. The number of hydrogen-bond donors (Lipinski definition) is 4. The van der Waals surface area contributed by atoms with E-state index in [9.17, 15) is 20.1 Å².